The van der Waals surface area contributed by atoms with E-state index in [1.807, 2.05) is 45.9 Å². The van der Waals surface area contributed by atoms with E-state index in [2.05, 4.69) is 13.8 Å². The summed E-state index contributed by atoms with van der Waals surface area (Å²) in [5.41, 5.74) is 3.33. The molecule has 0 radical (unpaired) electrons. The van der Waals surface area contributed by atoms with E-state index in [-0.39, 0.29) is 13.0 Å². The number of hydrogen-bond donors (Lipinski definition) is 0. The number of ketones is 2. The number of carbonyl (C=O) groups excluding carboxylic acids is 2. The van der Waals surface area contributed by atoms with Crippen molar-refractivity contribution in [3.05, 3.63) is 41.0 Å². The summed E-state index contributed by atoms with van der Waals surface area (Å²) in [4.78, 5) is 23.9. The summed E-state index contributed by atoms with van der Waals surface area (Å²) < 4.78 is 0. The molecule has 124 valence electrons. The molecule has 0 aliphatic rings. The van der Waals surface area contributed by atoms with Crippen LogP contribution in [0.15, 0.2) is 24.3 Å². The van der Waals surface area contributed by atoms with Gasteiger partial charge in [-0.2, -0.15) is 0 Å². The second-order valence-electron chi connectivity index (χ2n) is 5.43. The Balaban J connectivity index is 0. The number of hydrogen-bond acceptors (Lipinski definition) is 2. The smallest absolute Gasteiger partial charge is 0.162 e. The average Bonchev–Trinajstić information content (AvgIpc) is 2.53. The van der Waals surface area contributed by atoms with Crippen LogP contribution in [0.4, 0.5) is 0 Å². The molecule has 0 heterocycles. The van der Waals surface area contributed by atoms with Gasteiger partial charge in [-0.25, -0.2) is 0 Å². The molecule has 0 saturated carbocycles. The Morgan fingerprint density at radius 1 is 0.955 bits per heavy atom. The lowest BCUT2D eigenvalue weighted by atomic mass is 9.95. The van der Waals surface area contributed by atoms with E-state index in [1.165, 1.54) is 6.42 Å². The standard InChI is InChI=1S/C17H22O2.C3H8.H2/c1-5-8-17(19)15-10-13(12(4)6-2)9-14(11-15)16(18)7-3;1-3-2;/h6,9-11H,5,7-8H2,1-4H3;3H2,1-2H3;1H/b12-6-;;. The molecule has 0 aromatic heterocycles. The third-order valence-electron chi connectivity index (χ3n) is 3.26. The van der Waals surface area contributed by atoms with E-state index >= 15 is 0 Å². The number of benzene rings is 1. The molecule has 1 aromatic rings. The fraction of sp³-hybridized carbons (Fsp3) is 0.500. The highest BCUT2D eigenvalue weighted by atomic mass is 16.1. The molecular weight excluding hydrogens is 272 g/mol. The summed E-state index contributed by atoms with van der Waals surface area (Å²) >= 11 is 0. The van der Waals surface area contributed by atoms with Crippen LogP contribution in [0.3, 0.4) is 0 Å². The van der Waals surface area contributed by atoms with Crippen molar-refractivity contribution in [2.45, 2.75) is 67.2 Å². The van der Waals surface area contributed by atoms with Gasteiger partial charge in [-0.15, -0.1) is 0 Å². The van der Waals surface area contributed by atoms with Gasteiger partial charge in [0.15, 0.2) is 11.6 Å². The lowest BCUT2D eigenvalue weighted by molar-refractivity contribution is 0.0981. The zero-order valence-electron chi connectivity index (χ0n) is 15.0. The van der Waals surface area contributed by atoms with Crippen LogP contribution in [0.2, 0.25) is 0 Å². The molecule has 0 aliphatic carbocycles. The number of rotatable bonds is 6. The first-order valence-corrected chi connectivity index (χ1v) is 8.29. The number of carbonyl (C=O) groups is 2. The Morgan fingerprint density at radius 3 is 1.82 bits per heavy atom. The first kappa shape index (κ1) is 20.3. The molecule has 0 atom stereocenters. The Morgan fingerprint density at radius 2 is 1.41 bits per heavy atom. The summed E-state index contributed by atoms with van der Waals surface area (Å²) in [5.74, 6) is 0.190. The van der Waals surface area contributed by atoms with Gasteiger partial charge in [0.1, 0.15) is 0 Å². The SMILES string of the molecule is C/C=C(/C)c1cc(C(=O)CC)cc(C(=O)CCC)c1.CCC.[HH]. The molecule has 0 fully saturated rings. The molecule has 0 aliphatic heterocycles. The van der Waals surface area contributed by atoms with Gasteiger partial charge in [0.25, 0.3) is 0 Å². The minimum absolute atomic E-state index is 0. The first-order chi connectivity index (χ1) is 10.4. The van der Waals surface area contributed by atoms with Gasteiger partial charge in [0, 0.05) is 25.4 Å². The van der Waals surface area contributed by atoms with E-state index in [4.69, 9.17) is 0 Å². The third kappa shape index (κ3) is 6.38. The lowest BCUT2D eigenvalue weighted by Crippen LogP contribution is -2.04. The maximum Gasteiger partial charge on any atom is 0.162 e. The fourth-order valence-corrected chi connectivity index (χ4v) is 1.92. The van der Waals surface area contributed by atoms with Crippen LogP contribution in [0, 0.1) is 0 Å². The van der Waals surface area contributed by atoms with E-state index in [9.17, 15) is 9.59 Å². The molecular formula is C20H32O2. The molecule has 0 saturated heterocycles. The van der Waals surface area contributed by atoms with Gasteiger partial charge in [-0.05, 0) is 49.6 Å². The van der Waals surface area contributed by atoms with Crippen LogP contribution >= 0.6 is 0 Å². The van der Waals surface area contributed by atoms with Crippen molar-refractivity contribution in [3.63, 3.8) is 0 Å². The summed E-state index contributed by atoms with van der Waals surface area (Å²) in [7, 11) is 0. The zero-order valence-corrected chi connectivity index (χ0v) is 15.0. The Bertz CT molecular complexity index is 530. The maximum atomic E-state index is 12.0. The number of Topliss-reactive ketones (excluding diaryl/α,β-unsaturated/α-hetero) is 2. The molecule has 2 heteroatoms. The van der Waals surface area contributed by atoms with E-state index in [1.54, 1.807) is 6.07 Å². The fourth-order valence-electron chi connectivity index (χ4n) is 1.92. The van der Waals surface area contributed by atoms with Crippen molar-refractivity contribution in [1.82, 2.24) is 0 Å². The third-order valence-corrected chi connectivity index (χ3v) is 3.26. The molecule has 1 rings (SSSR count). The summed E-state index contributed by atoms with van der Waals surface area (Å²) in [6, 6.07) is 5.50. The van der Waals surface area contributed by atoms with Gasteiger partial charge in [0.05, 0.1) is 0 Å². The van der Waals surface area contributed by atoms with E-state index in [0.29, 0.717) is 24.0 Å². The maximum absolute atomic E-state index is 12.0. The first-order valence-electron chi connectivity index (χ1n) is 8.29. The van der Waals surface area contributed by atoms with Gasteiger partial charge >= 0.3 is 0 Å². The predicted octanol–water partition coefficient (Wildman–Crippen LogP) is 6.35. The van der Waals surface area contributed by atoms with E-state index in [0.717, 1.165) is 17.6 Å². The van der Waals surface area contributed by atoms with Crippen molar-refractivity contribution in [1.29, 1.82) is 0 Å². The van der Waals surface area contributed by atoms with Crippen molar-refractivity contribution >= 4 is 17.1 Å². The Labute approximate surface area is 137 Å². The van der Waals surface area contributed by atoms with E-state index < -0.39 is 0 Å². The monoisotopic (exact) mass is 304 g/mol. The second-order valence-corrected chi connectivity index (χ2v) is 5.43. The van der Waals surface area contributed by atoms with Gasteiger partial charge < -0.3 is 0 Å². The van der Waals surface area contributed by atoms with Crippen LogP contribution < -0.4 is 0 Å². The molecule has 2 nitrogen and oxygen atoms in total. The molecule has 0 amide bonds. The molecule has 1 aromatic carbocycles. The van der Waals surface area contributed by atoms with Crippen molar-refractivity contribution in [2.75, 3.05) is 0 Å². The molecule has 0 N–H and O–H groups in total. The van der Waals surface area contributed by atoms with Crippen molar-refractivity contribution in [2.24, 2.45) is 0 Å². The molecule has 22 heavy (non-hydrogen) atoms. The van der Waals surface area contributed by atoms with Crippen LogP contribution in [-0.2, 0) is 0 Å². The molecule has 0 bridgehead atoms. The highest BCUT2D eigenvalue weighted by Gasteiger charge is 2.12. The highest BCUT2D eigenvalue weighted by molar-refractivity contribution is 6.02. The Hall–Kier alpha value is -1.70. The minimum Gasteiger partial charge on any atom is -0.294 e. The minimum atomic E-state index is 0. The topological polar surface area (TPSA) is 34.1 Å². The van der Waals surface area contributed by atoms with Gasteiger partial charge in [-0.1, -0.05) is 40.2 Å². The zero-order chi connectivity index (χ0) is 17.1. The quantitative estimate of drug-likeness (QED) is 0.574. The second kappa shape index (κ2) is 10.9. The Kier molecular flexibility index (Phi) is 10.1. The average molecular weight is 304 g/mol. The largest absolute Gasteiger partial charge is 0.294 e. The van der Waals surface area contributed by atoms with Gasteiger partial charge in [0.2, 0.25) is 0 Å². The van der Waals surface area contributed by atoms with Crippen molar-refractivity contribution < 1.29 is 11.0 Å². The number of allylic oxidation sites excluding steroid dienone is 2. The van der Waals surface area contributed by atoms with Crippen LogP contribution in [-0.4, -0.2) is 11.6 Å². The highest BCUT2D eigenvalue weighted by Crippen LogP contribution is 2.20. The summed E-state index contributed by atoms with van der Waals surface area (Å²) in [6.45, 7) is 12.0. The molecule has 0 unspecified atom stereocenters. The van der Waals surface area contributed by atoms with Crippen LogP contribution in [0.25, 0.3) is 5.57 Å². The lowest BCUT2D eigenvalue weighted by Gasteiger charge is -2.08. The van der Waals surface area contributed by atoms with Gasteiger partial charge in [-0.3, -0.25) is 9.59 Å². The van der Waals surface area contributed by atoms with Crippen molar-refractivity contribution in [3.8, 4) is 0 Å². The normalized spacial score (nSPS) is 10.7. The van der Waals surface area contributed by atoms with Crippen LogP contribution in [0.5, 0.6) is 0 Å². The molecule has 0 spiro atoms. The van der Waals surface area contributed by atoms with Crippen LogP contribution in [0.1, 0.15) is 94.9 Å². The predicted molar refractivity (Wildman–Crippen MR) is 97.7 cm³/mol. The summed E-state index contributed by atoms with van der Waals surface area (Å²) in [6.07, 6.45) is 5.05. The summed E-state index contributed by atoms with van der Waals surface area (Å²) in [5, 5.41) is 0.